The molecular weight excluding hydrogens is 306 g/mol. The van der Waals surface area contributed by atoms with Crippen molar-refractivity contribution in [3.63, 3.8) is 0 Å². The molecule has 0 heterocycles. The van der Waals surface area contributed by atoms with E-state index in [0.717, 1.165) is 23.8 Å². The molecule has 1 aromatic rings. The number of nitrogens with one attached hydrogen (secondary N) is 2. The quantitative estimate of drug-likeness (QED) is 0.389. The minimum Gasteiger partial charge on any atom is -0.497 e. The van der Waals surface area contributed by atoms with Gasteiger partial charge in [-0.25, -0.2) is 0 Å². The molecule has 0 fully saturated rings. The number of hydrogen-bond acceptors (Lipinski definition) is 4. The number of ether oxygens (including phenoxy) is 3. The fourth-order valence-electron chi connectivity index (χ4n) is 1.87. The number of methoxy groups -OCH3 is 2. The van der Waals surface area contributed by atoms with Gasteiger partial charge in [0.05, 0.1) is 32.5 Å². The van der Waals surface area contributed by atoms with E-state index < -0.39 is 0 Å². The van der Waals surface area contributed by atoms with E-state index in [4.69, 9.17) is 14.2 Å². The predicted molar refractivity (Wildman–Crippen MR) is 97.7 cm³/mol. The van der Waals surface area contributed by atoms with Gasteiger partial charge >= 0.3 is 0 Å². The third-order valence-corrected chi connectivity index (χ3v) is 3.46. The van der Waals surface area contributed by atoms with Crippen LogP contribution in [0.4, 0.5) is 0 Å². The van der Waals surface area contributed by atoms with Crippen LogP contribution in [-0.4, -0.2) is 52.0 Å². The van der Waals surface area contributed by atoms with Crippen LogP contribution in [-0.2, 0) is 16.1 Å². The van der Waals surface area contributed by atoms with Gasteiger partial charge in [0.15, 0.2) is 5.96 Å². The SMILES string of the molecule is CCNC(=NCC(C)(C)OC)NCCOCc1cccc(OC)c1. The van der Waals surface area contributed by atoms with E-state index in [-0.39, 0.29) is 5.60 Å². The molecule has 0 amide bonds. The second-order valence-electron chi connectivity index (χ2n) is 5.99. The first kappa shape index (κ1) is 20.3. The topological polar surface area (TPSA) is 64.1 Å². The van der Waals surface area contributed by atoms with Crippen LogP contribution in [0.3, 0.4) is 0 Å². The Kier molecular flexibility index (Phi) is 9.19. The highest BCUT2D eigenvalue weighted by atomic mass is 16.5. The Morgan fingerprint density at radius 3 is 2.67 bits per heavy atom. The zero-order valence-electron chi connectivity index (χ0n) is 15.5. The Bertz CT molecular complexity index is 504. The summed E-state index contributed by atoms with van der Waals surface area (Å²) in [5.74, 6) is 1.61. The number of hydrogen-bond donors (Lipinski definition) is 2. The number of aliphatic imine (C=N–C) groups is 1. The summed E-state index contributed by atoms with van der Waals surface area (Å²) >= 11 is 0. The standard InChI is InChI=1S/C18H31N3O3/c1-6-19-17(21-14-18(2,3)23-5)20-10-11-24-13-15-8-7-9-16(12-15)22-4/h7-9,12H,6,10-11,13-14H2,1-5H3,(H2,19,20,21). The highest BCUT2D eigenvalue weighted by Gasteiger charge is 2.15. The Hall–Kier alpha value is -1.79. The van der Waals surface area contributed by atoms with E-state index in [2.05, 4.69) is 15.6 Å². The Balaban J connectivity index is 2.33. The van der Waals surface area contributed by atoms with Crippen LogP contribution in [0.15, 0.2) is 29.3 Å². The van der Waals surface area contributed by atoms with E-state index >= 15 is 0 Å². The summed E-state index contributed by atoms with van der Waals surface area (Å²) in [5.41, 5.74) is 0.822. The lowest BCUT2D eigenvalue weighted by molar-refractivity contribution is 0.0310. The summed E-state index contributed by atoms with van der Waals surface area (Å²) in [7, 11) is 3.36. The van der Waals surface area contributed by atoms with Gasteiger partial charge in [-0.3, -0.25) is 4.99 Å². The molecule has 0 saturated heterocycles. The second kappa shape index (κ2) is 10.9. The fraction of sp³-hybridized carbons (Fsp3) is 0.611. The number of guanidine groups is 1. The monoisotopic (exact) mass is 337 g/mol. The lowest BCUT2D eigenvalue weighted by Gasteiger charge is -2.21. The maximum atomic E-state index is 5.69. The van der Waals surface area contributed by atoms with Crippen LogP contribution in [0.2, 0.25) is 0 Å². The average Bonchev–Trinajstić information content (AvgIpc) is 2.59. The zero-order valence-corrected chi connectivity index (χ0v) is 15.5. The molecule has 24 heavy (non-hydrogen) atoms. The van der Waals surface area contributed by atoms with Crippen LogP contribution in [0.1, 0.15) is 26.3 Å². The first-order valence-corrected chi connectivity index (χ1v) is 8.28. The predicted octanol–water partition coefficient (Wildman–Crippen LogP) is 2.19. The molecule has 0 aliphatic heterocycles. The summed E-state index contributed by atoms with van der Waals surface area (Å²) in [6.07, 6.45) is 0. The van der Waals surface area contributed by atoms with Gasteiger partial charge in [0, 0.05) is 20.2 Å². The molecule has 0 aliphatic carbocycles. The Morgan fingerprint density at radius 2 is 2.00 bits per heavy atom. The molecule has 1 aromatic carbocycles. The largest absolute Gasteiger partial charge is 0.497 e. The highest BCUT2D eigenvalue weighted by Crippen LogP contribution is 2.13. The Morgan fingerprint density at radius 1 is 1.21 bits per heavy atom. The summed E-state index contributed by atoms with van der Waals surface area (Å²) in [4.78, 5) is 4.53. The fourth-order valence-corrected chi connectivity index (χ4v) is 1.87. The molecule has 1 rings (SSSR count). The molecule has 136 valence electrons. The van der Waals surface area contributed by atoms with Gasteiger partial charge in [-0.05, 0) is 38.5 Å². The molecule has 0 unspecified atom stereocenters. The van der Waals surface area contributed by atoms with Crippen molar-refractivity contribution in [2.75, 3.05) is 40.5 Å². The lowest BCUT2D eigenvalue weighted by atomic mass is 10.1. The summed E-state index contributed by atoms with van der Waals surface area (Å²) in [6, 6.07) is 7.88. The molecule has 2 N–H and O–H groups in total. The molecule has 0 aliphatic rings. The van der Waals surface area contributed by atoms with Crippen molar-refractivity contribution in [1.82, 2.24) is 10.6 Å². The summed E-state index contributed by atoms with van der Waals surface area (Å²) in [5, 5.41) is 6.47. The van der Waals surface area contributed by atoms with E-state index in [0.29, 0.717) is 26.3 Å². The van der Waals surface area contributed by atoms with E-state index in [1.54, 1.807) is 14.2 Å². The van der Waals surface area contributed by atoms with Crippen LogP contribution < -0.4 is 15.4 Å². The zero-order chi connectivity index (χ0) is 17.8. The molecule has 6 nitrogen and oxygen atoms in total. The van der Waals surface area contributed by atoms with Crippen molar-refractivity contribution in [3.05, 3.63) is 29.8 Å². The van der Waals surface area contributed by atoms with Crippen molar-refractivity contribution in [2.24, 2.45) is 4.99 Å². The van der Waals surface area contributed by atoms with E-state index in [1.165, 1.54) is 0 Å². The van der Waals surface area contributed by atoms with Crippen molar-refractivity contribution in [1.29, 1.82) is 0 Å². The smallest absolute Gasteiger partial charge is 0.191 e. The average molecular weight is 337 g/mol. The normalized spacial score (nSPS) is 12.1. The van der Waals surface area contributed by atoms with Gasteiger partial charge in [-0.15, -0.1) is 0 Å². The van der Waals surface area contributed by atoms with Crippen LogP contribution >= 0.6 is 0 Å². The minimum atomic E-state index is -0.273. The first-order valence-electron chi connectivity index (χ1n) is 8.28. The van der Waals surface area contributed by atoms with Gasteiger partial charge in [0.1, 0.15) is 5.75 Å². The molecule has 0 saturated carbocycles. The molecule has 0 aromatic heterocycles. The highest BCUT2D eigenvalue weighted by molar-refractivity contribution is 5.79. The third kappa shape index (κ3) is 8.17. The van der Waals surface area contributed by atoms with Crippen molar-refractivity contribution >= 4 is 5.96 Å². The van der Waals surface area contributed by atoms with Crippen molar-refractivity contribution < 1.29 is 14.2 Å². The second-order valence-corrected chi connectivity index (χ2v) is 5.99. The molecule has 0 spiro atoms. The van der Waals surface area contributed by atoms with Gasteiger partial charge < -0.3 is 24.8 Å². The summed E-state index contributed by atoms with van der Waals surface area (Å²) in [6.45, 7) is 9.29. The number of nitrogens with zero attached hydrogens (tertiary/aromatic N) is 1. The van der Waals surface area contributed by atoms with Gasteiger partial charge in [0.2, 0.25) is 0 Å². The maximum Gasteiger partial charge on any atom is 0.191 e. The van der Waals surface area contributed by atoms with Gasteiger partial charge in [0.25, 0.3) is 0 Å². The van der Waals surface area contributed by atoms with E-state index in [1.807, 2.05) is 45.0 Å². The minimum absolute atomic E-state index is 0.273. The number of benzene rings is 1. The van der Waals surface area contributed by atoms with Gasteiger partial charge in [-0.2, -0.15) is 0 Å². The lowest BCUT2D eigenvalue weighted by Crippen LogP contribution is -2.40. The van der Waals surface area contributed by atoms with Crippen molar-refractivity contribution in [3.8, 4) is 5.75 Å². The van der Waals surface area contributed by atoms with Crippen LogP contribution in [0, 0.1) is 0 Å². The van der Waals surface area contributed by atoms with Crippen LogP contribution in [0.5, 0.6) is 5.75 Å². The Labute approximate surface area is 145 Å². The van der Waals surface area contributed by atoms with Crippen molar-refractivity contribution in [2.45, 2.75) is 33.0 Å². The molecule has 0 atom stereocenters. The third-order valence-electron chi connectivity index (χ3n) is 3.46. The van der Waals surface area contributed by atoms with Gasteiger partial charge in [-0.1, -0.05) is 12.1 Å². The molecule has 6 heteroatoms. The summed E-state index contributed by atoms with van der Waals surface area (Å²) < 4.78 is 16.3. The van der Waals surface area contributed by atoms with Crippen LogP contribution in [0.25, 0.3) is 0 Å². The number of rotatable bonds is 10. The molecular formula is C18H31N3O3. The van der Waals surface area contributed by atoms with E-state index in [9.17, 15) is 0 Å². The first-order chi connectivity index (χ1) is 11.5. The molecule has 0 bridgehead atoms. The maximum absolute atomic E-state index is 5.69. The molecule has 0 radical (unpaired) electrons.